The van der Waals surface area contributed by atoms with Gasteiger partial charge < -0.3 is 15.3 Å². The molecule has 0 aliphatic carbocycles. The van der Waals surface area contributed by atoms with Crippen molar-refractivity contribution in [3.63, 3.8) is 0 Å². The largest absolute Gasteiger partial charge is 0.481 e. The van der Waals surface area contributed by atoms with E-state index in [1.165, 1.54) is 4.90 Å². The SMILES string of the molecule is O=C(O)[C@@H]1CCCN(C(=O)Nc2cc(Cl)ccc2Br)C1. The smallest absolute Gasteiger partial charge is 0.321 e. The molecule has 7 heteroatoms. The van der Waals surface area contributed by atoms with E-state index < -0.39 is 11.9 Å². The fourth-order valence-electron chi connectivity index (χ4n) is 2.15. The van der Waals surface area contributed by atoms with Crippen molar-refractivity contribution < 1.29 is 14.7 Å². The Kier molecular flexibility index (Phi) is 4.88. The van der Waals surface area contributed by atoms with E-state index in [4.69, 9.17) is 16.7 Å². The average molecular weight is 362 g/mol. The number of hydrogen-bond donors (Lipinski definition) is 2. The molecular formula is C13H14BrClN2O3. The Hall–Kier alpha value is -1.27. The number of nitrogens with zero attached hydrogens (tertiary/aromatic N) is 1. The van der Waals surface area contributed by atoms with E-state index in [2.05, 4.69) is 21.2 Å². The Balaban J connectivity index is 2.04. The highest BCUT2D eigenvalue weighted by atomic mass is 79.9. The van der Waals surface area contributed by atoms with Gasteiger partial charge in [0.05, 0.1) is 11.6 Å². The van der Waals surface area contributed by atoms with Gasteiger partial charge in [0.25, 0.3) is 0 Å². The molecule has 2 amide bonds. The molecule has 1 aliphatic heterocycles. The first-order chi connectivity index (χ1) is 9.47. The van der Waals surface area contributed by atoms with E-state index in [0.29, 0.717) is 30.1 Å². The maximum Gasteiger partial charge on any atom is 0.321 e. The van der Waals surface area contributed by atoms with Gasteiger partial charge >= 0.3 is 12.0 Å². The molecule has 1 heterocycles. The summed E-state index contributed by atoms with van der Waals surface area (Å²) in [6.07, 6.45) is 1.31. The molecule has 0 aromatic heterocycles. The minimum absolute atomic E-state index is 0.235. The molecule has 0 unspecified atom stereocenters. The molecule has 1 aromatic rings. The van der Waals surface area contributed by atoms with Crippen molar-refractivity contribution in [2.75, 3.05) is 18.4 Å². The first-order valence-electron chi connectivity index (χ1n) is 6.21. The van der Waals surface area contributed by atoms with Crippen LogP contribution in [-0.4, -0.2) is 35.1 Å². The number of urea groups is 1. The molecule has 1 saturated heterocycles. The van der Waals surface area contributed by atoms with Crippen molar-refractivity contribution in [2.45, 2.75) is 12.8 Å². The van der Waals surface area contributed by atoms with Gasteiger partial charge in [0.15, 0.2) is 0 Å². The molecular weight excluding hydrogens is 348 g/mol. The number of carboxylic acids is 1. The molecule has 1 fully saturated rings. The third-order valence-electron chi connectivity index (χ3n) is 3.23. The monoisotopic (exact) mass is 360 g/mol. The number of hydrogen-bond acceptors (Lipinski definition) is 2. The second kappa shape index (κ2) is 6.45. The minimum Gasteiger partial charge on any atom is -0.481 e. The van der Waals surface area contributed by atoms with Gasteiger partial charge in [-0.05, 0) is 47.0 Å². The van der Waals surface area contributed by atoms with Crippen LogP contribution in [0.4, 0.5) is 10.5 Å². The Bertz CT molecular complexity index is 538. The molecule has 2 rings (SSSR count). The van der Waals surface area contributed by atoms with Crippen LogP contribution in [0.2, 0.25) is 5.02 Å². The summed E-state index contributed by atoms with van der Waals surface area (Å²) < 4.78 is 0.724. The molecule has 0 saturated carbocycles. The van der Waals surface area contributed by atoms with Crippen LogP contribution in [-0.2, 0) is 4.79 Å². The number of carboxylic acid groups (broad SMARTS) is 1. The zero-order chi connectivity index (χ0) is 14.7. The highest BCUT2D eigenvalue weighted by Gasteiger charge is 2.28. The summed E-state index contributed by atoms with van der Waals surface area (Å²) >= 11 is 9.22. The van der Waals surface area contributed by atoms with Crippen LogP contribution < -0.4 is 5.32 Å². The lowest BCUT2D eigenvalue weighted by atomic mass is 9.99. The third kappa shape index (κ3) is 3.64. The molecule has 0 radical (unpaired) electrons. The predicted molar refractivity (Wildman–Crippen MR) is 80.1 cm³/mol. The fourth-order valence-corrected chi connectivity index (χ4v) is 2.67. The van der Waals surface area contributed by atoms with Crippen LogP contribution in [0.1, 0.15) is 12.8 Å². The lowest BCUT2D eigenvalue weighted by Crippen LogP contribution is -2.44. The van der Waals surface area contributed by atoms with Gasteiger partial charge in [-0.3, -0.25) is 4.79 Å². The molecule has 5 nitrogen and oxygen atoms in total. The minimum atomic E-state index is -0.855. The van der Waals surface area contributed by atoms with Crippen molar-refractivity contribution >= 4 is 45.2 Å². The van der Waals surface area contributed by atoms with Gasteiger partial charge in [0, 0.05) is 22.6 Å². The highest BCUT2D eigenvalue weighted by molar-refractivity contribution is 9.10. The number of benzene rings is 1. The number of carbonyl (C=O) groups excluding carboxylic acids is 1. The van der Waals surface area contributed by atoms with Crippen LogP contribution in [0.15, 0.2) is 22.7 Å². The number of rotatable bonds is 2. The summed E-state index contributed by atoms with van der Waals surface area (Å²) in [6.45, 7) is 0.799. The summed E-state index contributed by atoms with van der Waals surface area (Å²) in [5.74, 6) is -1.34. The number of nitrogens with one attached hydrogen (secondary N) is 1. The number of carbonyl (C=O) groups is 2. The summed E-state index contributed by atoms with van der Waals surface area (Å²) in [5.41, 5.74) is 0.569. The quantitative estimate of drug-likeness (QED) is 0.848. The standard InChI is InChI=1S/C13H14BrClN2O3/c14-10-4-3-9(15)6-11(10)16-13(20)17-5-1-2-8(7-17)12(18)19/h3-4,6,8H,1-2,5,7H2,(H,16,20)(H,18,19)/t8-/m1/s1. The molecule has 2 N–H and O–H groups in total. The molecule has 1 atom stereocenters. The van der Waals surface area contributed by atoms with Crippen LogP contribution >= 0.6 is 27.5 Å². The van der Waals surface area contributed by atoms with Gasteiger partial charge in [0.1, 0.15) is 0 Å². The maximum atomic E-state index is 12.2. The molecule has 20 heavy (non-hydrogen) atoms. The fraction of sp³-hybridized carbons (Fsp3) is 0.385. The lowest BCUT2D eigenvalue weighted by molar-refractivity contribution is -0.143. The highest BCUT2D eigenvalue weighted by Crippen LogP contribution is 2.26. The second-order valence-electron chi connectivity index (χ2n) is 4.68. The molecule has 1 aliphatic rings. The number of amides is 2. The zero-order valence-electron chi connectivity index (χ0n) is 10.6. The number of likely N-dealkylation sites (tertiary alicyclic amines) is 1. The van der Waals surface area contributed by atoms with Gasteiger partial charge in [-0.15, -0.1) is 0 Å². The third-order valence-corrected chi connectivity index (χ3v) is 4.15. The Labute approximate surface area is 130 Å². The summed E-state index contributed by atoms with van der Waals surface area (Å²) in [4.78, 5) is 24.7. The Morgan fingerprint density at radius 1 is 1.45 bits per heavy atom. The second-order valence-corrected chi connectivity index (χ2v) is 5.97. The zero-order valence-corrected chi connectivity index (χ0v) is 12.9. The van der Waals surface area contributed by atoms with Gasteiger partial charge in [-0.1, -0.05) is 11.6 Å². The van der Waals surface area contributed by atoms with E-state index in [1.54, 1.807) is 18.2 Å². The van der Waals surface area contributed by atoms with Crippen molar-refractivity contribution in [1.29, 1.82) is 0 Å². The van der Waals surface area contributed by atoms with Crippen LogP contribution in [0, 0.1) is 5.92 Å². The summed E-state index contributed by atoms with van der Waals surface area (Å²) in [5, 5.41) is 12.3. The normalized spacial score (nSPS) is 18.7. The average Bonchev–Trinajstić information content (AvgIpc) is 2.43. The topological polar surface area (TPSA) is 69.6 Å². The van der Waals surface area contributed by atoms with E-state index in [0.717, 1.165) is 4.47 Å². The van der Waals surface area contributed by atoms with Gasteiger partial charge in [-0.2, -0.15) is 0 Å². The predicted octanol–water partition coefficient (Wildman–Crippen LogP) is 3.43. The molecule has 1 aromatic carbocycles. The molecule has 108 valence electrons. The maximum absolute atomic E-state index is 12.2. The van der Waals surface area contributed by atoms with Crippen molar-refractivity contribution in [3.8, 4) is 0 Å². The Morgan fingerprint density at radius 2 is 2.20 bits per heavy atom. The number of halogens is 2. The van der Waals surface area contributed by atoms with Crippen LogP contribution in [0.25, 0.3) is 0 Å². The number of aliphatic carboxylic acids is 1. The Morgan fingerprint density at radius 3 is 2.90 bits per heavy atom. The van der Waals surface area contributed by atoms with Crippen molar-refractivity contribution in [1.82, 2.24) is 4.90 Å². The van der Waals surface area contributed by atoms with E-state index in [1.807, 2.05) is 0 Å². The lowest BCUT2D eigenvalue weighted by Gasteiger charge is -2.30. The summed E-state index contributed by atoms with van der Waals surface area (Å²) in [6, 6.07) is 4.79. The van der Waals surface area contributed by atoms with Crippen LogP contribution in [0.5, 0.6) is 0 Å². The summed E-state index contributed by atoms with van der Waals surface area (Å²) in [7, 11) is 0. The first-order valence-corrected chi connectivity index (χ1v) is 7.38. The van der Waals surface area contributed by atoms with E-state index in [-0.39, 0.29) is 12.6 Å². The number of piperidine rings is 1. The number of anilines is 1. The van der Waals surface area contributed by atoms with Gasteiger partial charge in [-0.25, -0.2) is 4.79 Å². The van der Waals surface area contributed by atoms with Crippen LogP contribution in [0.3, 0.4) is 0 Å². The first kappa shape index (κ1) is 15.1. The van der Waals surface area contributed by atoms with E-state index >= 15 is 0 Å². The van der Waals surface area contributed by atoms with Crippen molar-refractivity contribution in [3.05, 3.63) is 27.7 Å². The van der Waals surface area contributed by atoms with Gasteiger partial charge in [0.2, 0.25) is 0 Å². The molecule has 0 bridgehead atoms. The molecule has 0 spiro atoms. The van der Waals surface area contributed by atoms with Crippen molar-refractivity contribution in [2.24, 2.45) is 5.92 Å². The van der Waals surface area contributed by atoms with E-state index in [9.17, 15) is 9.59 Å².